The molecule has 0 N–H and O–H groups in total. The average molecular weight is 566 g/mol. The molecule has 8 aromatic rings. The third-order valence-electron chi connectivity index (χ3n) is 8.59. The molecule has 6 aromatic carbocycles. The van der Waals surface area contributed by atoms with Crippen LogP contribution in [-0.2, 0) is 0 Å². The molecule has 2 aromatic heterocycles. The molecule has 0 aliphatic carbocycles. The predicted molar refractivity (Wildman–Crippen MR) is 180 cm³/mol. The van der Waals surface area contributed by atoms with E-state index in [1.54, 1.807) is 0 Å². The van der Waals surface area contributed by atoms with Crippen molar-refractivity contribution in [1.82, 2.24) is 19.1 Å². The number of aromatic nitrogens is 4. The number of rotatable bonds is 4. The molecule has 5 nitrogen and oxygen atoms in total. The van der Waals surface area contributed by atoms with E-state index in [1.165, 1.54) is 0 Å². The van der Waals surface area contributed by atoms with Gasteiger partial charge in [0.1, 0.15) is 11.6 Å². The Balaban J connectivity index is 1.18. The Kier molecular flexibility index (Phi) is 5.34. The van der Waals surface area contributed by atoms with Crippen molar-refractivity contribution in [2.24, 2.45) is 0 Å². The highest BCUT2D eigenvalue weighted by Gasteiger charge is 2.28. The second-order valence-electron chi connectivity index (χ2n) is 11.2. The van der Waals surface area contributed by atoms with E-state index in [2.05, 4.69) is 154 Å². The molecule has 44 heavy (non-hydrogen) atoms. The van der Waals surface area contributed by atoms with Crippen LogP contribution in [0.1, 0.15) is 5.82 Å². The maximum atomic E-state index is 5.05. The van der Waals surface area contributed by atoms with Crippen LogP contribution in [0.2, 0.25) is 0 Å². The first-order valence-corrected chi connectivity index (χ1v) is 14.9. The topological polar surface area (TPSA) is 38.9 Å². The minimum atomic E-state index is 0.931. The Morgan fingerprint density at radius 2 is 1.11 bits per heavy atom. The zero-order valence-electron chi connectivity index (χ0n) is 24.1. The molecule has 0 atom stereocenters. The molecule has 0 spiro atoms. The second-order valence-corrected chi connectivity index (χ2v) is 11.2. The van der Waals surface area contributed by atoms with Gasteiger partial charge in [-0.05, 0) is 78.7 Å². The van der Waals surface area contributed by atoms with E-state index < -0.39 is 0 Å². The number of hydrogen-bond donors (Lipinski definition) is 0. The summed E-state index contributed by atoms with van der Waals surface area (Å²) < 4.78 is 4.53. The Hall–Kier alpha value is -5.94. The maximum Gasteiger partial charge on any atom is 0.145 e. The SMILES string of the molecule is Cc1nc2cccc3c2n1-c1ccc(-c2ccc(-c4nc5ccccc5n4-c4ccccc4)cc2)cc1N3c1ccccc1. The summed E-state index contributed by atoms with van der Waals surface area (Å²) in [5, 5.41) is 0. The van der Waals surface area contributed by atoms with Gasteiger partial charge in [0.25, 0.3) is 0 Å². The fourth-order valence-corrected chi connectivity index (χ4v) is 6.63. The Morgan fingerprint density at radius 3 is 1.91 bits per heavy atom. The van der Waals surface area contributed by atoms with Crippen molar-refractivity contribution in [1.29, 1.82) is 0 Å². The van der Waals surface area contributed by atoms with Gasteiger partial charge in [-0.1, -0.05) is 84.9 Å². The molecule has 0 amide bonds. The molecule has 3 heterocycles. The van der Waals surface area contributed by atoms with E-state index in [-0.39, 0.29) is 0 Å². The van der Waals surface area contributed by atoms with Gasteiger partial charge >= 0.3 is 0 Å². The lowest BCUT2D eigenvalue weighted by Crippen LogP contribution is -2.18. The molecule has 1 aliphatic rings. The summed E-state index contributed by atoms with van der Waals surface area (Å²) in [5.41, 5.74) is 13.2. The number of fused-ring (bicyclic) bond motifs is 3. The van der Waals surface area contributed by atoms with Crippen molar-refractivity contribution in [2.75, 3.05) is 4.90 Å². The summed E-state index contributed by atoms with van der Waals surface area (Å²) in [6, 6.07) is 51.3. The van der Waals surface area contributed by atoms with Gasteiger partial charge in [-0.15, -0.1) is 0 Å². The van der Waals surface area contributed by atoms with Crippen LogP contribution in [0.5, 0.6) is 0 Å². The van der Waals surface area contributed by atoms with Crippen LogP contribution in [0.3, 0.4) is 0 Å². The molecule has 0 unspecified atom stereocenters. The zero-order chi connectivity index (χ0) is 29.2. The van der Waals surface area contributed by atoms with E-state index in [4.69, 9.17) is 9.97 Å². The lowest BCUT2D eigenvalue weighted by molar-refractivity contribution is 0.982. The third-order valence-corrected chi connectivity index (χ3v) is 8.59. The first kappa shape index (κ1) is 24.6. The first-order valence-electron chi connectivity index (χ1n) is 14.9. The van der Waals surface area contributed by atoms with Gasteiger partial charge in [0.15, 0.2) is 0 Å². The lowest BCUT2D eigenvalue weighted by atomic mass is 10.00. The number of benzene rings is 6. The standard InChI is InChI=1S/C39H27N5/c1-26-40-33-16-10-18-36-38(33)42(26)35-24-23-29(25-37(35)43(36)30-11-4-2-5-12-30)27-19-21-28(22-20-27)39-41-32-15-8-9-17-34(32)44(39)31-13-6-3-7-14-31/h2-25H,1H3. The molecule has 0 saturated carbocycles. The molecular formula is C39H27N5. The number of nitrogens with zero attached hydrogens (tertiary/aromatic N) is 5. The number of imidazole rings is 2. The largest absolute Gasteiger partial charge is 0.306 e. The number of hydrogen-bond acceptors (Lipinski definition) is 3. The van der Waals surface area contributed by atoms with E-state index in [1.807, 2.05) is 12.1 Å². The number of aryl methyl sites for hydroxylation is 1. The molecule has 208 valence electrons. The van der Waals surface area contributed by atoms with Gasteiger partial charge in [0, 0.05) is 16.9 Å². The molecule has 0 saturated heterocycles. The van der Waals surface area contributed by atoms with Gasteiger partial charge in [-0.3, -0.25) is 9.13 Å². The summed E-state index contributed by atoms with van der Waals surface area (Å²) >= 11 is 0. The van der Waals surface area contributed by atoms with Crippen LogP contribution in [0.25, 0.3) is 56.0 Å². The van der Waals surface area contributed by atoms with Gasteiger partial charge in [-0.25, -0.2) is 9.97 Å². The van der Waals surface area contributed by atoms with Gasteiger partial charge in [0.05, 0.1) is 39.1 Å². The summed E-state index contributed by atoms with van der Waals surface area (Å²) in [6.45, 7) is 2.08. The molecular weight excluding hydrogens is 538 g/mol. The highest BCUT2D eigenvalue weighted by Crippen LogP contribution is 2.48. The summed E-state index contributed by atoms with van der Waals surface area (Å²) in [7, 11) is 0. The van der Waals surface area contributed by atoms with Crippen molar-refractivity contribution in [2.45, 2.75) is 6.92 Å². The van der Waals surface area contributed by atoms with Crippen molar-refractivity contribution in [3.63, 3.8) is 0 Å². The van der Waals surface area contributed by atoms with E-state index in [0.717, 1.165) is 78.8 Å². The minimum Gasteiger partial charge on any atom is -0.306 e. The predicted octanol–water partition coefficient (Wildman–Crippen LogP) is 9.79. The minimum absolute atomic E-state index is 0.931. The van der Waals surface area contributed by atoms with Crippen LogP contribution in [-0.4, -0.2) is 19.1 Å². The lowest BCUT2D eigenvalue weighted by Gasteiger charge is -2.33. The van der Waals surface area contributed by atoms with Crippen LogP contribution in [0.15, 0.2) is 146 Å². The van der Waals surface area contributed by atoms with Crippen LogP contribution in [0, 0.1) is 6.92 Å². The van der Waals surface area contributed by atoms with Crippen LogP contribution >= 0.6 is 0 Å². The molecule has 0 radical (unpaired) electrons. The average Bonchev–Trinajstić information content (AvgIpc) is 3.64. The Morgan fingerprint density at radius 1 is 0.455 bits per heavy atom. The van der Waals surface area contributed by atoms with Crippen LogP contribution < -0.4 is 4.90 Å². The smallest absolute Gasteiger partial charge is 0.145 e. The van der Waals surface area contributed by atoms with E-state index in [9.17, 15) is 0 Å². The summed E-state index contributed by atoms with van der Waals surface area (Å²) in [4.78, 5) is 12.3. The van der Waals surface area contributed by atoms with Crippen molar-refractivity contribution in [3.8, 4) is 33.9 Å². The van der Waals surface area contributed by atoms with Crippen molar-refractivity contribution < 1.29 is 0 Å². The normalized spacial score (nSPS) is 12.2. The first-order chi connectivity index (χ1) is 21.7. The fraction of sp³-hybridized carbons (Fsp3) is 0.0256. The van der Waals surface area contributed by atoms with Gasteiger partial charge in [0.2, 0.25) is 0 Å². The van der Waals surface area contributed by atoms with Crippen molar-refractivity contribution >= 4 is 39.1 Å². The molecule has 9 rings (SSSR count). The maximum absolute atomic E-state index is 5.05. The molecule has 0 bridgehead atoms. The molecule has 0 fully saturated rings. The molecule has 1 aliphatic heterocycles. The summed E-state index contributed by atoms with van der Waals surface area (Å²) in [6.07, 6.45) is 0. The third kappa shape index (κ3) is 3.66. The molecule has 5 heteroatoms. The Labute approximate surface area is 254 Å². The summed E-state index contributed by atoms with van der Waals surface area (Å²) in [5.74, 6) is 1.92. The Bertz CT molecular complexity index is 2330. The van der Waals surface area contributed by atoms with Gasteiger partial charge < -0.3 is 4.90 Å². The highest BCUT2D eigenvalue weighted by molar-refractivity contribution is 6.02. The second kappa shape index (κ2) is 9.54. The quantitative estimate of drug-likeness (QED) is 0.213. The van der Waals surface area contributed by atoms with E-state index >= 15 is 0 Å². The van der Waals surface area contributed by atoms with E-state index in [0.29, 0.717) is 0 Å². The van der Waals surface area contributed by atoms with Crippen LogP contribution in [0.4, 0.5) is 17.1 Å². The fourth-order valence-electron chi connectivity index (χ4n) is 6.63. The highest BCUT2D eigenvalue weighted by atomic mass is 15.2. The zero-order valence-corrected chi connectivity index (χ0v) is 24.1. The van der Waals surface area contributed by atoms with Gasteiger partial charge in [-0.2, -0.15) is 0 Å². The number of para-hydroxylation sites is 5. The number of anilines is 3. The van der Waals surface area contributed by atoms with Crippen molar-refractivity contribution in [3.05, 3.63) is 151 Å². The monoisotopic (exact) mass is 565 g/mol.